The Hall–Kier alpha value is -1.06. The number of methoxy groups -OCH3 is 1. The maximum absolute atomic E-state index is 11.2. The molecule has 0 aliphatic carbocycles. The average Bonchev–Trinajstić information content (AvgIpc) is 2.03. The van der Waals surface area contributed by atoms with Gasteiger partial charge in [-0.1, -0.05) is 13.8 Å². The van der Waals surface area contributed by atoms with Gasteiger partial charge in [-0.05, 0) is 6.92 Å². The van der Waals surface area contributed by atoms with E-state index in [0.717, 1.165) is 0 Å². The van der Waals surface area contributed by atoms with E-state index in [-0.39, 0.29) is 30.3 Å². The molecule has 0 saturated heterocycles. The van der Waals surface area contributed by atoms with Crippen LogP contribution in [-0.2, 0) is 14.3 Å². The van der Waals surface area contributed by atoms with E-state index >= 15 is 0 Å². The number of esters is 1. The summed E-state index contributed by atoms with van der Waals surface area (Å²) in [4.78, 5) is 22.0. The lowest BCUT2D eigenvalue weighted by atomic mass is 10.1. The molecule has 0 aliphatic rings. The molecule has 0 aromatic rings. The summed E-state index contributed by atoms with van der Waals surface area (Å²) in [5.74, 6) is -0.409. The van der Waals surface area contributed by atoms with Gasteiger partial charge in [-0.3, -0.25) is 9.59 Å². The van der Waals surface area contributed by atoms with Crippen LogP contribution in [0.3, 0.4) is 0 Å². The van der Waals surface area contributed by atoms with Crippen molar-refractivity contribution in [2.24, 2.45) is 5.92 Å². The molecular weight excluding hydrogens is 170 g/mol. The smallest absolute Gasteiger partial charge is 0.307 e. The lowest BCUT2D eigenvalue weighted by molar-refractivity contribution is -0.141. The van der Waals surface area contributed by atoms with E-state index in [0.29, 0.717) is 0 Å². The predicted molar refractivity (Wildman–Crippen MR) is 49.1 cm³/mol. The van der Waals surface area contributed by atoms with Crippen LogP contribution in [-0.4, -0.2) is 25.0 Å². The van der Waals surface area contributed by atoms with E-state index in [4.69, 9.17) is 0 Å². The Balaban J connectivity index is 3.80. The lowest BCUT2D eigenvalue weighted by Crippen LogP contribution is -2.36. The largest absolute Gasteiger partial charge is 0.469 e. The number of amides is 1. The number of hydrogen-bond acceptors (Lipinski definition) is 3. The SMILES string of the molecule is COC(=O)CC(C)NC(=O)C(C)C. The zero-order chi connectivity index (χ0) is 10.4. The Morgan fingerprint density at radius 3 is 2.23 bits per heavy atom. The minimum Gasteiger partial charge on any atom is -0.469 e. The molecule has 0 aromatic carbocycles. The molecule has 0 aliphatic heterocycles. The zero-order valence-electron chi connectivity index (χ0n) is 8.59. The van der Waals surface area contributed by atoms with Gasteiger partial charge in [0.05, 0.1) is 13.5 Å². The maximum atomic E-state index is 11.2. The molecule has 1 N–H and O–H groups in total. The first-order valence-corrected chi connectivity index (χ1v) is 4.34. The van der Waals surface area contributed by atoms with Gasteiger partial charge < -0.3 is 10.1 Å². The summed E-state index contributed by atoms with van der Waals surface area (Å²) in [6.45, 7) is 5.39. The molecule has 0 fully saturated rings. The fraction of sp³-hybridized carbons (Fsp3) is 0.778. The molecule has 4 heteroatoms. The Labute approximate surface area is 78.6 Å². The first-order chi connectivity index (χ1) is 5.97. The average molecular weight is 187 g/mol. The highest BCUT2D eigenvalue weighted by molar-refractivity contribution is 5.79. The zero-order valence-corrected chi connectivity index (χ0v) is 8.59. The number of nitrogens with one attached hydrogen (secondary N) is 1. The highest BCUT2D eigenvalue weighted by Gasteiger charge is 2.13. The molecule has 0 bridgehead atoms. The molecule has 0 saturated carbocycles. The minimum atomic E-state index is -0.309. The molecule has 0 aromatic heterocycles. The van der Waals surface area contributed by atoms with Gasteiger partial charge in [-0.25, -0.2) is 0 Å². The maximum Gasteiger partial charge on any atom is 0.307 e. The van der Waals surface area contributed by atoms with E-state index in [2.05, 4.69) is 10.1 Å². The second kappa shape index (κ2) is 5.56. The van der Waals surface area contributed by atoms with Crippen LogP contribution in [0, 0.1) is 5.92 Å². The Kier molecular flexibility index (Phi) is 5.11. The molecule has 1 atom stereocenters. The second-order valence-electron chi connectivity index (χ2n) is 3.34. The monoisotopic (exact) mass is 187 g/mol. The van der Waals surface area contributed by atoms with E-state index in [1.807, 2.05) is 0 Å². The first-order valence-electron chi connectivity index (χ1n) is 4.34. The van der Waals surface area contributed by atoms with Gasteiger partial charge in [0.15, 0.2) is 0 Å². The van der Waals surface area contributed by atoms with Crippen molar-refractivity contribution in [2.45, 2.75) is 33.2 Å². The third-order valence-corrected chi connectivity index (χ3v) is 1.61. The summed E-state index contributed by atoms with van der Waals surface area (Å²) in [6.07, 6.45) is 0.217. The van der Waals surface area contributed by atoms with Crippen LogP contribution >= 0.6 is 0 Å². The van der Waals surface area contributed by atoms with Gasteiger partial charge in [0.1, 0.15) is 0 Å². The number of hydrogen-bond donors (Lipinski definition) is 1. The van der Waals surface area contributed by atoms with Crippen LogP contribution in [0.4, 0.5) is 0 Å². The standard InChI is InChI=1S/C9H17NO3/c1-6(2)9(12)10-7(3)5-8(11)13-4/h6-7H,5H2,1-4H3,(H,10,12). The molecule has 0 rings (SSSR count). The van der Waals surface area contributed by atoms with Crippen molar-refractivity contribution in [3.63, 3.8) is 0 Å². The quantitative estimate of drug-likeness (QED) is 0.659. The van der Waals surface area contributed by atoms with Crippen LogP contribution in [0.5, 0.6) is 0 Å². The summed E-state index contributed by atoms with van der Waals surface area (Å²) in [5, 5.41) is 2.70. The van der Waals surface area contributed by atoms with Gasteiger partial charge in [0, 0.05) is 12.0 Å². The summed E-state index contributed by atoms with van der Waals surface area (Å²) >= 11 is 0. The molecule has 0 spiro atoms. The van der Waals surface area contributed by atoms with Crippen LogP contribution < -0.4 is 5.32 Å². The van der Waals surface area contributed by atoms with E-state index < -0.39 is 0 Å². The van der Waals surface area contributed by atoms with Crippen molar-refractivity contribution in [2.75, 3.05) is 7.11 Å². The molecular formula is C9H17NO3. The van der Waals surface area contributed by atoms with Crippen LogP contribution in [0.25, 0.3) is 0 Å². The predicted octanol–water partition coefficient (Wildman–Crippen LogP) is 0.710. The fourth-order valence-corrected chi connectivity index (χ4v) is 0.794. The van der Waals surface area contributed by atoms with Crippen LogP contribution in [0.1, 0.15) is 27.2 Å². The summed E-state index contributed by atoms with van der Waals surface area (Å²) in [5.41, 5.74) is 0. The summed E-state index contributed by atoms with van der Waals surface area (Å²) in [6, 6.07) is -0.164. The molecule has 0 radical (unpaired) electrons. The summed E-state index contributed by atoms with van der Waals surface area (Å²) in [7, 11) is 1.33. The van der Waals surface area contributed by atoms with Crippen molar-refractivity contribution in [1.29, 1.82) is 0 Å². The molecule has 0 heterocycles. The lowest BCUT2D eigenvalue weighted by Gasteiger charge is -2.13. The second-order valence-corrected chi connectivity index (χ2v) is 3.34. The molecule has 76 valence electrons. The molecule has 13 heavy (non-hydrogen) atoms. The van der Waals surface area contributed by atoms with Crippen molar-refractivity contribution in [1.82, 2.24) is 5.32 Å². The van der Waals surface area contributed by atoms with Crippen molar-refractivity contribution in [3.05, 3.63) is 0 Å². The van der Waals surface area contributed by atoms with Gasteiger partial charge in [0.25, 0.3) is 0 Å². The Bertz CT molecular complexity index is 189. The van der Waals surface area contributed by atoms with Gasteiger partial charge >= 0.3 is 5.97 Å². The third-order valence-electron chi connectivity index (χ3n) is 1.61. The van der Waals surface area contributed by atoms with Gasteiger partial charge in [-0.2, -0.15) is 0 Å². The number of carbonyl (C=O) groups excluding carboxylic acids is 2. The van der Waals surface area contributed by atoms with E-state index in [1.165, 1.54) is 7.11 Å². The number of ether oxygens (including phenoxy) is 1. The first kappa shape index (κ1) is 11.9. The number of rotatable bonds is 4. The minimum absolute atomic E-state index is 0.0450. The third kappa shape index (κ3) is 5.22. The van der Waals surface area contributed by atoms with Gasteiger partial charge in [-0.15, -0.1) is 0 Å². The molecule has 4 nitrogen and oxygen atoms in total. The number of carbonyl (C=O) groups is 2. The van der Waals surface area contributed by atoms with Crippen LogP contribution in [0.2, 0.25) is 0 Å². The van der Waals surface area contributed by atoms with Gasteiger partial charge in [0.2, 0.25) is 5.91 Å². The highest BCUT2D eigenvalue weighted by atomic mass is 16.5. The van der Waals surface area contributed by atoms with Crippen molar-refractivity contribution >= 4 is 11.9 Å². The van der Waals surface area contributed by atoms with E-state index in [1.54, 1.807) is 20.8 Å². The van der Waals surface area contributed by atoms with E-state index in [9.17, 15) is 9.59 Å². The van der Waals surface area contributed by atoms with Crippen molar-refractivity contribution < 1.29 is 14.3 Å². The Morgan fingerprint density at radius 2 is 1.85 bits per heavy atom. The summed E-state index contributed by atoms with van der Waals surface area (Å²) < 4.78 is 4.47. The molecule has 1 unspecified atom stereocenters. The normalized spacial score (nSPS) is 12.4. The fourth-order valence-electron chi connectivity index (χ4n) is 0.794. The Morgan fingerprint density at radius 1 is 1.31 bits per heavy atom. The van der Waals surface area contributed by atoms with Crippen LogP contribution in [0.15, 0.2) is 0 Å². The topological polar surface area (TPSA) is 55.4 Å². The molecule has 1 amide bonds. The highest BCUT2D eigenvalue weighted by Crippen LogP contribution is 1.97. The van der Waals surface area contributed by atoms with Crippen molar-refractivity contribution in [3.8, 4) is 0 Å².